The van der Waals surface area contributed by atoms with Crippen LogP contribution in [0.1, 0.15) is 34.0 Å². The number of hydrogen-bond donors (Lipinski definition) is 1. The number of aliphatic hydroxyl groups is 1. The number of benzene rings is 1. The highest BCUT2D eigenvalue weighted by Crippen LogP contribution is 2.31. The molecule has 1 unspecified atom stereocenters. The molecule has 1 aliphatic heterocycles. The van der Waals surface area contributed by atoms with Gasteiger partial charge in [-0.25, -0.2) is 4.98 Å². The van der Waals surface area contributed by atoms with Crippen LogP contribution in [0.15, 0.2) is 48.7 Å². The van der Waals surface area contributed by atoms with E-state index < -0.39 is 0 Å². The number of nitrogens with zero attached hydrogens (tertiary/aromatic N) is 5. The second-order valence-electron chi connectivity index (χ2n) is 8.66. The Hall–Kier alpha value is -3.03. The van der Waals surface area contributed by atoms with E-state index in [0.29, 0.717) is 12.1 Å². The largest absolute Gasteiger partial charge is 0.395 e. The normalized spacial score (nSPS) is 16.4. The fourth-order valence-corrected chi connectivity index (χ4v) is 4.45. The maximum Gasteiger partial charge on any atom is 0.254 e. The van der Waals surface area contributed by atoms with Gasteiger partial charge in [0.05, 0.1) is 17.7 Å². The van der Waals surface area contributed by atoms with Crippen LogP contribution >= 0.6 is 0 Å². The Kier molecular flexibility index (Phi) is 6.67. The number of likely N-dealkylation sites (N-methyl/N-ethyl adjacent to an activating group) is 1. The summed E-state index contributed by atoms with van der Waals surface area (Å²) in [5, 5.41) is 10.1. The molecule has 0 radical (unpaired) electrons. The monoisotopic (exact) mass is 433 g/mol. The summed E-state index contributed by atoms with van der Waals surface area (Å²) in [5.41, 5.74) is 3.67. The van der Waals surface area contributed by atoms with Crippen molar-refractivity contribution < 1.29 is 9.90 Å². The summed E-state index contributed by atoms with van der Waals surface area (Å²) in [6.45, 7) is 2.97. The van der Waals surface area contributed by atoms with Crippen molar-refractivity contribution in [3.63, 3.8) is 0 Å². The Morgan fingerprint density at radius 2 is 2.00 bits per heavy atom. The topological polar surface area (TPSA) is 72.8 Å². The third-order valence-corrected chi connectivity index (χ3v) is 6.12. The van der Waals surface area contributed by atoms with Crippen LogP contribution in [-0.2, 0) is 6.54 Å². The number of aliphatic hydroxyl groups excluding tert-OH is 1. The number of para-hydroxylation sites is 1. The number of amides is 1. The lowest BCUT2D eigenvalue weighted by molar-refractivity contribution is 0.0768. The highest BCUT2D eigenvalue weighted by molar-refractivity contribution is 6.06. The second-order valence-corrected chi connectivity index (χ2v) is 8.66. The quantitative estimate of drug-likeness (QED) is 0.618. The highest BCUT2D eigenvalue weighted by Gasteiger charge is 2.27. The Morgan fingerprint density at radius 1 is 1.19 bits per heavy atom. The number of rotatable bonds is 7. The third kappa shape index (κ3) is 4.59. The molecular weight excluding hydrogens is 402 g/mol. The summed E-state index contributed by atoms with van der Waals surface area (Å²) in [4.78, 5) is 28.6. The number of carbonyl (C=O) groups is 1. The van der Waals surface area contributed by atoms with Crippen molar-refractivity contribution in [1.29, 1.82) is 0 Å². The van der Waals surface area contributed by atoms with Crippen molar-refractivity contribution >= 4 is 22.6 Å². The number of anilines is 1. The predicted octanol–water partition coefficient (Wildman–Crippen LogP) is 2.75. The van der Waals surface area contributed by atoms with E-state index in [1.54, 1.807) is 11.9 Å². The van der Waals surface area contributed by atoms with E-state index >= 15 is 0 Å². The number of fused-ring (bicyclic) bond motifs is 1. The fraction of sp³-hybridized carbons (Fsp3) is 0.400. The minimum atomic E-state index is -0.0836. The van der Waals surface area contributed by atoms with Gasteiger partial charge in [-0.1, -0.05) is 24.3 Å². The van der Waals surface area contributed by atoms with E-state index in [1.807, 2.05) is 56.7 Å². The summed E-state index contributed by atoms with van der Waals surface area (Å²) in [5.74, 6) is 1.19. The average Bonchev–Trinajstić information content (AvgIpc) is 3.26. The summed E-state index contributed by atoms with van der Waals surface area (Å²) in [6, 6.07) is 13.9. The predicted molar refractivity (Wildman–Crippen MR) is 127 cm³/mol. The van der Waals surface area contributed by atoms with E-state index in [4.69, 9.17) is 4.98 Å². The zero-order valence-electron chi connectivity index (χ0n) is 19.0. The summed E-state index contributed by atoms with van der Waals surface area (Å²) in [7, 11) is 5.76. The molecule has 3 aromatic rings. The van der Waals surface area contributed by atoms with Crippen LogP contribution in [0.4, 0.5) is 5.82 Å². The first kappa shape index (κ1) is 22.2. The van der Waals surface area contributed by atoms with Gasteiger partial charge in [-0.3, -0.25) is 14.7 Å². The fourth-order valence-electron chi connectivity index (χ4n) is 4.45. The minimum Gasteiger partial charge on any atom is -0.395 e. The van der Waals surface area contributed by atoms with Crippen LogP contribution < -0.4 is 4.90 Å². The lowest BCUT2D eigenvalue weighted by atomic mass is 9.99. The SMILES string of the molecule is CN(CCO)C(=O)c1cc(C2CCN(Cc3cccnc3N(C)C)C2)nc2ccccc12. The molecule has 1 fully saturated rings. The van der Waals surface area contributed by atoms with E-state index in [0.717, 1.165) is 48.5 Å². The molecule has 1 aromatic carbocycles. The Balaban J connectivity index is 1.59. The van der Waals surface area contributed by atoms with Gasteiger partial charge >= 0.3 is 0 Å². The van der Waals surface area contributed by atoms with Gasteiger partial charge in [0.15, 0.2) is 0 Å². The highest BCUT2D eigenvalue weighted by atomic mass is 16.3. The first-order valence-corrected chi connectivity index (χ1v) is 11.1. The van der Waals surface area contributed by atoms with Gasteiger partial charge in [0.25, 0.3) is 5.91 Å². The second kappa shape index (κ2) is 9.63. The summed E-state index contributed by atoms with van der Waals surface area (Å²) >= 11 is 0. The van der Waals surface area contributed by atoms with Crippen molar-refractivity contribution in [1.82, 2.24) is 19.8 Å². The van der Waals surface area contributed by atoms with Crippen LogP contribution in [0, 0.1) is 0 Å². The van der Waals surface area contributed by atoms with Crippen molar-refractivity contribution in [3.8, 4) is 0 Å². The number of pyridine rings is 2. The number of hydrogen-bond acceptors (Lipinski definition) is 6. The lowest BCUT2D eigenvalue weighted by Gasteiger charge is -2.21. The molecule has 7 nitrogen and oxygen atoms in total. The van der Waals surface area contributed by atoms with Crippen LogP contribution in [-0.4, -0.2) is 78.2 Å². The molecule has 2 aromatic heterocycles. The first-order valence-electron chi connectivity index (χ1n) is 11.1. The van der Waals surface area contributed by atoms with Crippen LogP contribution in [0.5, 0.6) is 0 Å². The third-order valence-electron chi connectivity index (χ3n) is 6.12. The van der Waals surface area contributed by atoms with Crippen molar-refractivity contribution in [2.24, 2.45) is 0 Å². The minimum absolute atomic E-state index is 0.0566. The van der Waals surface area contributed by atoms with Crippen molar-refractivity contribution in [2.45, 2.75) is 18.9 Å². The number of aromatic nitrogens is 2. The van der Waals surface area contributed by atoms with Crippen LogP contribution in [0.3, 0.4) is 0 Å². The molecule has 1 N–H and O–H groups in total. The molecule has 1 saturated heterocycles. The van der Waals surface area contributed by atoms with E-state index in [2.05, 4.69) is 20.9 Å². The molecule has 0 spiro atoms. The molecule has 7 heteroatoms. The van der Waals surface area contributed by atoms with Gasteiger partial charge in [0.1, 0.15) is 5.82 Å². The Bertz CT molecular complexity index is 1100. The number of likely N-dealkylation sites (tertiary alicyclic amines) is 1. The molecular formula is C25H31N5O2. The zero-order chi connectivity index (χ0) is 22.7. The summed E-state index contributed by atoms with van der Waals surface area (Å²) in [6.07, 6.45) is 2.83. The van der Waals surface area contributed by atoms with Crippen LogP contribution in [0.2, 0.25) is 0 Å². The smallest absolute Gasteiger partial charge is 0.254 e. The molecule has 3 heterocycles. The Labute approximate surface area is 189 Å². The van der Waals surface area contributed by atoms with Gasteiger partial charge in [-0.2, -0.15) is 0 Å². The summed E-state index contributed by atoms with van der Waals surface area (Å²) < 4.78 is 0. The first-order chi connectivity index (χ1) is 15.5. The van der Waals surface area contributed by atoms with Gasteiger partial charge in [0.2, 0.25) is 0 Å². The molecule has 0 saturated carbocycles. The Morgan fingerprint density at radius 3 is 2.78 bits per heavy atom. The molecule has 0 bridgehead atoms. The van der Waals surface area contributed by atoms with E-state index in [1.165, 1.54) is 5.56 Å². The maximum absolute atomic E-state index is 13.1. The molecule has 1 atom stereocenters. The van der Waals surface area contributed by atoms with Gasteiger partial charge < -0.3 is 14.9 Å². The lowest BCUT2D eigenvalue weighted by Crippen LogP contribution is -2.30. The zero-order valence-corrected chi connectivity index (χ0v) is 19.0. The maximum atomic E-state index is 13.1. The standard InChI is InChI=1S/C25H31N5O2/c1-28(2)24-19(7-6-11-26-24)17-30-12-10-18(16-30)23-15-21(25(32)29(3)13-14-31)20-8-4-5-9-22(20)27-23/h4-9,11,15,18,31H,10,12-14,16-17H2,1-3H3. The molecule has 0 aliphatic carbocycles. The van der Waals surface area contributed by atoms with E-state index in [-0.39, 0.29) is 18.4 Å². The molecule has 1 aliphatic rings. The van der Waals surface area contributed by atoms with Crippen molar-refractivity contribution in [3.05, 3.63) is 65.5 Å². The van der Waals surface area contributed by atoms with Crippen LogP contribution in [0.25, 0.3) is 10.9 Å². The van der Waals surface area contributed by atoms with E-state index in [9.17, 15) is 9.90 Å². The molecule has 168 valence electrons. The van der Waals surface area contributed by atoms with Gasteiger partial charge in [0, 0.05) is 69.5 Å². The number of carbonyl (C=O) groups excluding carboxylic acids is 1. The molecule has 1 amide bonds. The average molecular weight is 434 g/mol. The molecule has 32 heavy (non-hydrogen) atoms. The molecule has 4 rings (SSSR count). The van der Waals surface area contributed by atoms with Gasteiger partial charge in [-0.15, -0.1) is 0 Å². The van der Waals surface area contributed by atoms with Crippen molar-refractivity contribution in [2.75, 3.05) is 52.3 Å². The van der Waals surface area contributed by atoms with Gasteiger partial charge in [-0.05, 0) is 31.2 Å².